The third kappa shape index (κ3) is 7.35. The summed E-state index contributed by atoms with van der Waals surface area (Å²) in [7, 11) is 0. The molecule has 0 amide bonds. The quantitative estimate of drug-likeness (QED) is 0.140. The summed E-state index contributed by atoms with van der Waals surface area (Å²) in [5.74, 6) is 0. The second-order valence-electron chi connectivity index (χ2n) is 19.3. The summed E-state index contributed by atoms with van der Waals surface area (Å²) in [5.41, 5.74) is 24.0. The summed E-state index contributed by atoms with van der Waals surface area (Å²) in [5, 5.41) is 2.46. The van der Waals surface area contributed by atoms with Gasteiger partial charge in [-0.15, -0.1) is 0 Å². The maximum absolute atomic E-state index is 2.44. The molecule has 11 aromatic carbocycles. The van der Waals surface area contributed by atoms with Gasteiger partial charge < -0.3 is 9.47 Å². The summed E-state index contributed by atoms with van der Waals surface area (Å²) in [6, 6.07) is 97.9. The zero-order chi connectivity index (χ0) is 47.5. The highest BCUT2D eigenvalue weighted by Gasteiger charge is 2.36. The van der Waals surface area contributed by atoms with Gasteiger partial charge in [-0.05, 0) is 139 Å². The molecule has 0 spiro atoms. The topological polar surface area (TPSA) is 8.17 Å². The van der Waals surface area contributed by atoms with Crippen LogP contribution in [0.25, 0.3) is 94.3 Å². The number of hydrogen-bond donors (Lipinski definition) is 0. The van der Waals surface area contributed by atoms with Gasteiger partial charge in [0.15, 0.2) is 0 Å². The molecule has 71 heavy (non-hydrogen) atoms. The molecule has 0 radical (unpaired) electrons. The highest BCUT2D eigenvalue weighted by Crippen LogP contribution is 2.51. The van der Waals surface area contributed by atoms with Crippen LogP contribution in [0.4, 0.5) is 17.1 Å². The van der Waals surface area contributed by atoms with Gasteiger partial charge in [-0.3, -0.25) is 0 Å². The molecule has 0 bridgehead atoms. The van der Waals surface area contributed by atoms with Crippen LogP contribution in [-0.2, 0) is 5.41 Å². The van der Waals surface area contributed by atoms with Gasteiger partial charge in [0.05, 0.1) is 16.7 Å². The van der Waals surface area contributed by atoms with Crippen LogP contribution >= 0.6 is 0 Å². The first-order valence-corrected chi connectivity index (χ1v) is 24.7. The molecule has 0 saturated carbocycles. The summed E-state index contributed by atoms with van der Waals surface area (Å²) in [6.45, 7) is 4.72. The predicted octanol–water partition coefficient (Wildman–Crippen LogP) is 18.9. The van der Waals surface area contributed by atoms with E-state index in [2.05, 4.69) is 290 Å². The minimum atomic E-state index is -0.128. The van der Waals surface area contributed by atoms with Crippen LogP contribution in [0, 0.1) is 0 Å². The molecule has 0 N–H and O–H groups in total. The van der Waals surface area contributed by atoms with Crippen molar-refractivity contribution in [2.75, 3.05) is 4.90 Å². The Morgan fingerprint density at radius 1 is 0.296 bits per heavy atom. The van der Waals surface area contributed by atoms with Crippen LogP contribution in [0.15, 0.2) is 267 Å². The van der Waals surface area contributed by atoms with E-state index < -0.39 is 0 Å². The van der Waals surface area contributed by atoms with E-state index in [0.717, 1.165) is 28.3 Å². The van der Waals surface area contributed by atoms with E-state index in [-0.39, 0.29) is 5.41 Å². The lowest BCUT2D eigenvalue weighted by Crippen LogP contribution is -2.16. The lowest BCUT2D eigenvalue weighted by atomic mass is 9.82. The Hall–Kier alpha value is -8.98. The molecular weight excluding hydrogens is 857 g/mol. The fraction of sp³-hybridized carbons (Fsp3) is 0.0435. The van der Waals surface area contributed by atoms with Gasteiger partial charge in [0, 0.05) is 38.8 Å². The number of rotatable bonds is 9. The van der Waals surface area contributed by atoms with Gasteiger partial charge >= 0.3 is 0 Å². The maximum Gasteiger partial charge on any atom is 0.0541 e. The monoisotopic (exact) mass is 906 g/mol. The largest absolute Gasteiger partial charge is 0.310 e. The SMILES string of the molecule is CC1(C)c2ccccc2-c2ccc(N(c3ccc(-c4ccccc4)cc3)c3ccccc3-c3ccc(-c4ccc5c(c4)c4ccccc4n5-c4cc(-c5ccccc5)cc(-c5ccccc5)c4)cc3)cc21. The van der Waals surface area contributed by atoms with Crippen LogP contribution in [0.2, 0.25) is 0 Å². The summed E-state index contributed by atoms with van der Waals surface area (Å²) < 4.78 is 2.44. The van der Waals surface area contributed by atoms with Crippen molar-refractivity contribution >= 4 is 38.9 Å². The average molecular weight is 907 g/mol. The first-order valence-electron chi connectivity index (χ1n) is 24.7. The van der Waals surface area contributed by atoms with E-state index in [0.29, 0.717) is 0 Å². The lowest BCUT2D eigenvalue weighted by molar-refractivity contribution is 0.660. The van der Waals surface area contributed by atoms with E-state index in [1.165, 1.54) is 94.1 Å². The second-order valence-corrected chi connectivity index (χ2v) is 19.3. The lowest BCUT2D eigenvalue weighted by Gasteiger charge is -2.30. The molecule has 1 aromatic heterocycles. The minimum absolute atomic E-state index is 0.128. The number of hydrogen-bond acceptors (Lipinski definition) is 1. The number of anilines is 3. The molecule has 12 aromatic rings. The molecule has 1 heterocycles. The molecule has 0 unspecified atom stereocenters. The second kappa shape index (κ2) is 17.2. The number of benzene rings is 11. The number of aromatic nitrogens is 1. The Labute approximate surface area is 416 Å². The van der Waals surface area contributed by atoms with Crippen LogP contribution in [0.5, 0.6) is 0 Å². The van der Waals surface area contributed by atoms with Crippen LogP contribution in [0.3, 0.4) is 0 Å². The van der Waals surface area contributed by atoms with E-state index in [1.807, 2.05) is 0 Å². The van der Waals surface area contributed by atoms with Gasteiger partial charge in [-0.25, -0.2) is 0 Å². The molecule has 0 fully saturated rings. The van der Waals surface area contributed by atoms with Gasteiger partial charge in [-0.2, -0.15) is 0 Å². The van der Waals surface area contributed by atoms with Crippen molar-refractivity contribution in [2.45, 2.75) is 19.3 Å². The van der Waals surface area contributed by atoms with Crippen molar-refractivity contribution in [3.63, 3.8) is 0 Å². The molecule has 0 saturated heterocycles. The Morgan fingerprint density at radius 2 is 0.775 bits per heavy atom. The first-order chi connectivity index (χ1) is 35.0. The van der Waals surface area contributed by atoms with Crippen molar-refractivity contribution in [3.05, 3.63) is 278 Å². The average Bonchev–Trinajstić information content (AvgIpc) is 3.89. The van der Waals surface area contributed by atoms with Crippen LogP contribution < -0.4 is 4.90 Å². The van der Waals surface area contributed by atoms with Gasteiger partial charge in [0.1, 0.15) is 0 Å². The number of fused-ring (bicyclic) bond motifs is 6. The summed E-state index contributed by atoms with van der Waals surface area (Å²) >= 11 is 0. The molecule has 2 heteroatoms. The zero-order valence-corrected chi connectivity index (χ0v) is 39.8. The van der Waals surface area contributed by atoms with E-state index in [9.17, 15) is 0 Å². The fourth-order valence-electron chi connectivity index (χ4n) is 11.2. The Bertz CT molecular complexity index is 3860. The van der Waals surface area contributed by atoms with Gasteiger partial charge in [0.25, 0.3) is 0 Å². The smallest absolute Gasteiger partial charge is 0.0541 e. The third-order valence-corrected chi connectivity index (χ3v) is 14.8. The fourth-order valence-corrected chi connectivity index (χ4v) is 11.2. The predicted molar refractivity (Wildman–Crippen MR) is 300 cm³/mol. The number of nitrogens with zero attached hydrogens (tertiary/aromatic N) is 2. The van der Waals surface area contributed by atoms with Crippen molar-refractivity contribution < 1.29 is 0 Å². The molecule has 1 aliphatic carbocycles. The number of para-hydroxylation sites is 2. The van der Waals surface area contributed by atoms with Crippen molar-refractivity contribution in [1.82, 2.24) is 4.57 Å². The highest BCUT2D eigenvalue weighted by atomic mass is 15.1. The zero-order valence-electron chi connectivity index (χ0n) is 39.8. The third-order valence-electron chi connectivity index (χ3n) is 14.8. The van der Waals surface area contributed by atoms with Crippen LogP contribution in [-0.4, -0.2) is 4.57 Å². The molecule has 336 valence electrons. The maximum atomic E-state index is 2.44. The Balaban J connectivity index is 0.896. The molecule has 13 rings (SSSR count). The summed E-state index contributed by atoms with van der Waals surface area (Å²) in [6.07, 6.45) is 0. The molecule has 0 aliphatic heterocycles. The molecule has 0 atom stereocenters. The highest BCUT2D eigenvalue weighted by molar-refractivity contribution is 6.10. The van der Waals surface area contributed by atoms with Gasteiger partial charge in [0.2, 0.25) is 0 Å². The standard InChI is InChI=1S/C69H50N2/c1-69(2)64-27-15-12-25-60(64)61-40-39-57(46-65(61)69)70(56-37-34-50(35-38-56)47-18-6-3-7-19-47)66-28-16-13-24-59(66)52-32-30-51(31-33-52)53-36-41-68-63(45-53)62-26-14-17-29-67(62)71(68)58-43-54(48-20-8-4-9-21-48)42-55(44-58)49-22-10-5-11-23-49/h3-46H,1-2H3. The Kier molecular flexibility index (Phi) is 10.2. The van der Waals surface area contributed by atoms with E-state index in [4.69, 9.17) is 0 Å². The normalized spacial score (nSPS) is 12.5. The van der Waals surface area contributed by atoms with Crippen molar-refractivity contribution in [1.29, 1.82) is 0 Å². The first kappa shape index (κ1) is 42.1. The van der Waals surface area contributed by atoms with Crippen molar-refractivity contribution in [3.8, 4) is 72.4 Å². The molecular formula is C69H50N2. The van der Waals surface area contributed by atoms with Crippen molar-refractivity contribution in [2.24, 2.45) is 0 Å². The molecule has 1 aliphatic rings. The van der Waals surface area contributed by atoms with E-state index >= 15 is 0 Å². The Morgan fingerprint density at radius 3 is 1.46 bits per heavy atom. The minimum Gasteiger partial charge on any atom is -0.310 e. The van der Waals surface area contributed by atoms with Gasteiger partial charge in [-0.1, -0.05) is 214 Å². The summed E-state index contributed by atoms with van der Waals surface area (Å²) in [4.78, 5) is 2.44. The molecule has 2 nitrogen and oxygen atoms in total. The van der Waals surface area contributed by atoms with E-state index in [1.54, 1.807) is 0 Å². The van der Waals surface area contributed by atoms with Crippen LogP contribution in [0.1, 0.15) is 25.0 Å².